The van der Waals surface area contributed by atoms with Crippen LogP contribution in [-0.4, -0.2) is 23.2 Å². The highest BCUT2D eigenvalue weighted by molar-refractivity contribution is 5.73. The van der Waals surface area contributed by atoms with E-state index < -0.39 is 0 Å². The van der Waals surface area contributed by atoms with Gasteiger partial charge in [0.2, 0.25) is 5.91 Å². The van der Waals surface area contributed by atoms with Crippen LogP contribution in [0, 0.1) is 22.2 Å². The van der Waals surface area contributed by atoms with Crippen LogP contribution in [-0.2, 0) is 4.79 Å². The van der Waals surface area contributed by atoms with E-state index in [2.05, 4.69) is 26.1 Å². The molecule has 2 N–H and O–H groups in total. The molecule has 0 aromatic rings. The highest BCUT2D eigenvalue weighted by Crippen LogP contribution is 2.68. The first kappa shape index (κ1) is 14.4. The van der Waals surface area contributed by atoms with Crippen LogP contribution >= 0.6 is 0 Å². The van der Waals surface area contributed by atoms with Gasteiger partial charge in [0.15, 0.2) is 0 Å². The molecule has 3 heteroatoms. The number of hydrogen-bond donors (Lipinski definition) is 2. The Morgan fingerprint density at radius 2 is 1.90 bits per heavy atom. The Kier molecular flexibility index (Phi) is 3.03. The van der Waals surface area contributed by atoms with Gasteiger partial charge in [-0.2, -0.15) is 0 Å². The fraction of sp³-hybridized carbons (Fsp3) is 0.941. The largest absolute Gasteiger partial charge is 0.393 e. The first-order valence-electron chi connectivity index (χ1n) is 8.15. The molecule has 1 amide bonds. The average molecular weight is 279 g/mol. The highest BCUT2D eigenvalue weighted by atomic mass is 16.3. The van der Waals surface area contributed by atoms with Gasteiger partial charge < -0.3 is 10.4 Å². The van der Waals surface area contributed by atoms with Crippen LogP contribution in [0.15, 0.2) is 0 Å². The second-order valence-corrected chi connectivity index (χ2v) is 8.66. The van der Waals surface area contributed by atoms with Crippen LogP contribution in [0.3, 0.4) is 0 Å². The van der Waals surface area contributed by atoms with Crippen molar-refractivity contribution >= 4 is 5.91 Å². The maximum Gasteiger partial charge on any atom is 0.217 e. The van der Waals surface area contributed by atoms with Gasteiger partial charge in [0.1, 0.15) is 0 Å². The lowest BCUT2D eigenvalue weighted by molar-refractivity contribution is -0.131. The predicted molar refractivity (Wildman–Crippen MR) is 79.1 cm³/mol. The summed E-state index contributed by atoms with van der Waals surface area (Å²) < 4.78 is 0. The van der Waals surface area contributed by atoms with E-state index >= 15 is 0 Å². The molecule has 3 aliphatic carbocycles. The van der Waals surface area contributed by atoms with Crippen LogP contribution in [0.5, 0.6) is 0 Å². The van der Waals surface area contributed by atoms with E-state index in [-0.39, 0.29) is 22.8 Å². The van der Waals surface area contributed by atoms with E-state index in [4.69, 9.17) is 0 Å². The van der Waals surface area contributed by atoms with Crippen molar-refractivity contribution in [3.8, 4) is 0 Å². The summed E-state index contributed by atoms with van der Waals surface area (Å²) in [6.45, 7) is 8.63. The van der Waals surface area contributed by atoms with E-state index in [0.717, 1.165) is 32.1 Å². The topological polar surface area (TPSA) is 49.3 Å². The van der Waals surface area contributed by atoms with Crippen LogP contribution in [0.4, 0.5) is 0 Å². The van der Waals surface area contributed by atoms with Crippen molar-refractivity contribution in [2.45, 2.75) is 78.4 Å². The fourth-order valence-electron chi connectivity index (χ4n) is 6.05. The minimum atomic E-state index is -0.157. The molecule has 3 saturated carbocycles. The molecule has 0 radical (unpaired) electrons. The third-order valence-corrected chi connectivity index (χ3v) is 6.86. The molecule has 0 unspecified atom stereocenters. The van der Waals surface area contributed by atoms with Gasteiger partial charge >= 0.3 is 0 Å². The lowest BCUT2D eigenvalue weighted by Gasteiger charge is -2.58. The normalized spacial score (nSPS) is 49.5. The van der Waals surface area contributed by atoms with Gasteiger partial charge in [0, 0.05) is 13.0 Å². The molecule has 0 heterocycles. The summed E-state index contributed by atoms with van der Waals surface area (Å²) in [5.41, 5.74) is 0.587. The first-order chi connectivity index (χ1) is 9.20. The van der Waals surface area contributed by atoms with Gasteiger partial charge in [0.05, 0.1) is 6.10 Å². The Balaban J connectivity index is 1.98. The number of fused-ring (bicyclic) bond motifs is 1. The van der Waals surface area contributed by atoms with Crippen LogP contribution < -0.4 is 5.32 Å². The summed E-state index contributed by atoms with van der Waals surface area (Å²) >= 11 is 0. The maximum absolute atomic E-state index is 11.6. The number of carbonyl (C=O) groups is 1. The molecule has 3 aliphatic rings. The van der Waals surface area contributed by atoms with Crippen molar-refractivity contribution < 1.29 is 9.90 Å². The lowest BCUT2D eigenvalue weighted by Crippen LogP contribution is -2.57. The SMILES string of the molecule is CC(=O)N[C@H]1CC(C)(C)[C@@H]2CC[C@]3(C)C[C@]12CC[C@@H]3O. The number of rotatable bonds is 1. The Morgan fingerprint density at radius 1 is 1.20 bits per heavy atom. The molecule has 0 saturated heterocycles. The van der Waals surface area contributed by atoms with Crippen LogP contribution in [0.25, 0.3) is 0 Å². The zero-order valence-corrected chi connectivity index (χ0v) is 13.3. The molecule has 5 atom stereocenters. The summed E-state index contributed by atoms with van der Waals surface area (Å²) in [6, 6.07) is 0.298. The average Bonchev–Trinajstić information content (AvgIpc) is 2.51. The maximum atomic E-state index is 11.6. The van der Waals surface area contributed by atoms with Crippen molar-refractivity contribution in [1.82, 2.24) is 5.32 Å². The van der Waals surface area contributed by atoms with E-state index in [1.54, 1.807) is 6.92 Å². The Morgan fingerprint density at radius 3 is 2.55 bits per heavy atom. The monoisotopic (exact) mass is 279 g/mol. The number of amides is 1. The quantitative estimate of drug-likeness (QED) is 0.775. The number of carbonyl (C=O) groups excluding carboxylic acids is 1. The molecule has 3 nitrogen and oxygen atoms in total. The van der Waals surface area contributed by atoms with Crippen molar-refractivity contribution in [3.63, 3.8) is 0 Å². The van der Waals surface area contributed by atoms with Gasteiger partial charge in [-0.3, -0.25) is 4.79 Å². The highest BCUT2D eigenvalue weighted by Gasteiger charge is 2.64. The zero-order chi connectivity index (χ0) is 14.8. The molecule has 0 aromatic carbocycles. The number of aliphatic hydroxyl groups excluding tert-OH is 1. The molecule has 3 fully saturated rings. The van der Waals surface area contributed by atoms with E-state index in [9.17, 15) is 9.90 Å². The van der Waals surface area contributed by atoms with Gasteiger partial charge in [-0.1, -0.05) is 20.8 Å². The summed E-state index contributed by atoms with van der Waals surface area (Å²) in [5, 5.41) is 13.7. The minimum Gasteiger partial charge on any atom is -0.393 e. The van der Waals surface area contributed by atoms with E-state index in [0.29, 0.717) is 17.4 Å². The van der Waals surface area contributed by atoms with Crippen molar-refractivity contribution in [2.75, 3.05) is 0 Å². The number of nitrogens with one attached hydrogen (secondary N) is 1. The van der Waals surface area contributed by atoms with Crippen molar-refractivity contribution in [1.29, 1.82) is 0 Å². The third kappa shape index (κ3) is 1.85. The molecule has 3 rings (SSSR count). The standard InChI is InChI=1S/C17H29NO2/c1-11(19)18-13-9-15(2,3)12-5-7-16(4)10-17(12,13)8-6-14(16)20/h12-14,20H,5-10H2,1-4H3,(H,18,19)/t12-,13-,14-,16+,17-/m0/s1. The Bertz CT molecular complexity index is 433. The van der Waals surface area contributed by atoms with Crippen molar-refractivity contribution in [3.05, 3.63) is 0 Å². The molecular weight excluding hydrogens is 250 g/mol. The minimum absolute atomic E-state index is 0.0614. The molecule has 0 aromatic heterocycles. The zero-order valence-electron chi connectivity index (χ0n) is 13.3. The molecule has 114 valence electrons. The van der Waals surface area contributed by atoms with Gasteiger partial charge in [0.25, 0.3) is 0 Å². The smallest absolute Gasteiger partial charge is 0.217 e. The first-order valence-corrected chi connectivity index (χ1v) is 8.15. The molecule has 1 spiro atoms. The summed E-state index contributed by atoms with van der Waals surface area (Å²) in [4.78, 5) is 11.6. The lowest BCUT2D eigenvalue weighted by atomic mass is 9.49. The molecule has 0 aliphatic heterocycles. The number of aliphatic hydroxyl groups is 1. The van der Waals surface area contributed by atoms with E-state index in [1.807, 2.05) is 0 Å². The van der Waals surface area contributed by atoms with Gasteiger partial charge in [-0.25, -0.2) is 0 Å². The van der Waals surface area contributed by atoms with Gasteiger partial charge in [-0.05, 0) is 60.7 Å². The third-order valence-electron chi connectivity index (χ3n) is 6.86. The molecule has 20 heavy (non-hydrogen) atoms. The van der Waals surface area contributed by atoms with Crippen molar-refractivity contribution in [2.24, 2.45) is 22.2 Å². The second-order valence-electron chi connectivity index (χ2n) is 8.66. The van der Waals surface area contributed by atoms with Crippen LogP contribution in [0.2, 0.25) is 0 Å². The predicted octanol–water partition coefficient (Wildman–Crippen LogP) is 2.87. The summed E-state index contributed by atoms with van der Waals surface area (Å²) in [6.07, 6.45) is 6.33. The Hall–Kier alpha value is -0.570. The summed E-state index contributed by atoms with van der Waals surface area (Å²) in [5.74, 6) is 0.784. The van der Waals surface area contributed by atoms with Gasteiger partial charge in [-0.15, -0.1) is 0 Å². The van der Waals surface area contributed by atoms with Crippen LogP contribution in [0.1, 0.15) is 66.2 Å². The fourth-order valence-corrected chi connectivity index (χ4v) is 6.05. The Labute approximate surface area is 122 Å². The molecular formula is C17H29NO2. The van der Waals surface area contributed by atoms with E-state index in [1.165, 1.54) is 6.42 Å². The molecule has 2 bridgehead atoms. The number of hydrogen-bond acceptors (Lipinski definition) is 2. The second kappa shape index (κ2) is 4.22. The summed E-state index contributed by atoms with van der Waals surface area (Å²) in [7, 11) is 0.